The zero-order chi connectivity index (χ0) is 17.2. The van der Waals surface area contributed by atoms with Crippen molar-refractivity contribution in [3.05, 3.63) is 96.9 Å². The number of hydrogen-bond donors (Lipinski definition) is 0. The van der Waals surface area contributed by atoms with Crippen molar-refractivity contribution in [2.24, 2.45) is 0 Å². The number of rotatable bonds is 9. The number of benzene rings is 2. The lowest BCUT2D eigenvalue weighted by Gasteiger charge is -2.09. The molecule has 0 fully saturated rings. The SMILES string of the molecule is C=C/C=C(\C=C)COc1ccc(OCCc2ccccc2F)cc1. The van der Waals surface area contributed by atoms with E-state index in [9.17, 15) is 4.39 Å². The zero-order valence-corrected chi connectivity index (χ0v) is 13.6. The van der Waals surface area contributed by atoms with Crippen LogP contribution in [0, 0.1) is 5.82 Å². The van der Waals surface area contributed by atoms with Crippen molar-refractivity contribution in [3.63, 3.8) is 0 Å². The van der Waals surface area contributed by atoms with Crippen LogP contribution in [0.3, 0.4) is 0 Å². The van der Waals surface area contributed by atoms with E-state index in [1.54, 1.807) is 24.3 Å². The van der Waals surface area contributed by atoms with Crippen LogP contribution in [0.1, 0.15) is 5.56 Å². The van der Waals surface area contributed by atoms with E-state index >= 15 is 0 Å². The molecule has 0 bridgehead atoms. The molecule has 24 heavy (non-hydrogen) atoms. The minimum absolute atomic E-state index is 0.199. The van der Waals surface area contributed by atoms with E-state index in [1.165, 1.54) is 6.07 Å². The summed E-state index contributed by atoms with van der Waals surface area (Å²) < 4.78 is 24.8. The van der Waals surface area contributed by atoms with Crippen LogP contribution >= 0.6 is 0 Å². The van der Waals surface area contributed by atoms with Crippen molar-refractivity contribution in [3.8, 4) is 11.5 Å². The number of hydrogen-bond acceptors (Lipinski definition) is 2. The van der Waals surface area contributed by atoms with Gasteiger partial charge in [0, 0.05) is 6.42 Å². The summed E-state index contributed by atoms with van der Waals surface area (Å²) in [7, 11) is 0. The maximum atomic E-state index is 13.5. The van der Waals surface area contributed by atoms with E-state index < -0.39 is 0 Å². The number of ether oxygens (including phenoxy) is 2. The predicted molar refractivity (Wildman–Crippen MR) is 96.0 cm³/mol. The van der Waals surface area contributed by atoms with Gasteiger partial charge in [0.25, 0.3) is 0 Å². The topological polar surface area (TPSA) is 18.5 Å². The van der Waals surface area contributed by atoms with Gasteiger partial charge in [-0.1, -0.05) is 49.6 Å². The molecule has 0 aliphatic heterocycles. The van der Waals surface area contributed by atoms with E-state index in [0.717, 1.165) is 17.1 Å². The van der Waals surface area contributed by atoms with Crippen LogP contribution in [0.15, 0.2) is 85.5 Å². The van der Waals surface area contributed by atoms with Gasteiger partial charge in [-0.2, -0.15) is 0 Å². The summed E-state index contributed by atoms with van der Waals surface area (Å²) in [5.74, 6) is 1.27. The molecule has 2 aromatic carbocycles. The lowest BCUT2D eigenvalue weighted by atomic mass is 10.1. The Morgan fingerprint density at radius 1 is 0.958 bits per heavy atom. The van der Waals surface area contributed by atoms with Crippen molar-refractivity contribution in [2.45, 2.75) is 6.42 Å². The van der Waals surface area contributed by atoms with Crippen molar-refractivity contribution in [1.82, 2.24) is 0 Å². The van der Waals surface area contributed by atoms with Gasteiger partial charge in [0.1, 0.15) is 23.9 Å². The first-order valence-electron chi connectivity index (χ1n) is 7.76. The van der Waals surface area contributed by atoms with Gasteiger partial charge >= 0.3 is 0 Å². The molecule has 0 spiro atoms. The molecule has 0 aliphatic carbocycles. The van der Waals surface area contributed by atoms with Crippen LogP contribution in [-0.4, -0.2) is 13.2 Å². The third-order valence-corrected chi connectivity index (χ3v) is 3.42. The Labute approximate surface area is 142 Å². The molecular formula is C21H21FO2. The Balaban J connectivity index is 1.81. The third kappa shape index (κ3) is 5.43. The first-order valence-corrected chi connectivity index (χ1v) is 7.76. The van der Waals surface area contributed by atoms with Crippen LogP contribution in [-0.2, 0) is 6.42 Å². The second kappa shape index (κ2) is 9.36. The second-order valence-corrected chi connectivity index (χ2v) is 5.13. The second-order valence-electron chi connectivity index (χ2n) is 5.13. The van der Waals surface area contributed by atoms with Gasteiger partial charge in [0.2, 0.25) is 0 Å². The molecule has 0 aliphatic rings. The van der Waals surface area contributed by atoms with E-state index in [1.807, 2.05) is 36.4 Å². The van der Waals surface area contributed by atoms with Crippen LogP contribution in [0.2, 0.25) is 0 Å². The minimum Gasteiger partial charge on any atom is -0.493 e. The van der Waals surface area contributed by atoms with Crippen molar-refractivity contribution in [2.75, 3.05) is 13.2 Å². The summed E-state index contributed by atoms with van der Waals surface area (Å²) in [6.45, 7) is 8.23. The monoisotopic (exact) mass is 324 g/mol. The third-order valence-electron chi connectivity index (χ3n) is 3.42. The molecule has 0 aromatic heterocycles. The van der Waals surface area contributed by atoms with Crippen molar-refractivity contribution < 1.29 is 13.9 Å². The van der Waals surface area contributed by atoms with Gasteiger partial charge < -0.3 is 9.47 Å². The highest BCUT2D eigenvalue weighted by Gasteiger charge is 2.02. The molecule has 0 amide bonds. The maximum absolute atomic E-state index is 13.5. The van der Waals surface area contributed by atoms with Gasteiger partial charge in [-0.3, -0.25) is 0 Å². The van der Waals surface area contributed by atoms with E-state index in [2.05, 4.69) is 13.2 Å². The molecule has 0 saturated heterocycles. The van der Waals surface area contributed by atoms with Crippen LogP contribution in [0.25, 0.3) is 0 Å². The molecule has 0 saturated carbocycles. The first kappa shape index (κ1) is 17.5. The first-order chi connectivity index (χ1) is 11.7. The predicted octanol–water partition coefficient (Wildman–Crippen LogP) is 5.12. The number of allylic oxidation sites excluding steroid dienone is 2. The molecule has 0 N–H and O–H groups in total. The van der Waals surface area contributed by atoms with Gasteiger partial charge in [0.05, 0.1) is 6.61 Å². The Morgan fingerprint density at radius 3 is 2.25 bits per heavy atom. The van der Waals surface area contributed by atoms with E-state index in [4.69, 9.17) is 9.47 Å². The fourth-order valence-electron chi connectivity index (χ4n) is 2.11. The summed E-state index contributed by atoms with van der Waals surface area (Å²) in [6.07, 6.45) is 5.82. The fraction of sp³-hybridized carbons (Fsp3) is 0.143. The summed E-state index contributed by atoms with van der Waals surface area (Å²) in [6, 6.07) is 14.1. The van der Waals surface area contributed by atoms with Gasteiger partial charge in [-0.05, 0) is 41.5 Å². The molecule has 0 heterocycles. The van der Waals surface area contributed by atoms with Crippen LogP contribution in [0.5, 0.6) is 11.5 Å². The average Bonchev–Trinajstić information content (AvgIpc) is 2.61. The van der Waals surface area contributed by atoms with E-state index in [-0.39, 0.29) is 5.82 Å². The largest absolute Gasteiger partial charge is 0.493 e. The lowest BCUT2D eigenvalue weighted by Crippen LogP contribution is -2.03. The van der Waals surface area contributed by atoms with E-state index in [0.29, 0.717) is 25.2 Å². The van der Waals surface area contributed by atoms with Gasteiger partial charge in [0.15, 0.2) is 0 Å². The highest BCUT2D eigenvalue weighted by Crippen LogP contribution is 2.19. The molecule has 0 atom stereocenters. The Morgan fingerprint density at radius 2 is 1.62 bits per heavy atom. The summed E-state index contributed by atoms with van der Waals surface area (Å²) in [4.78, 5) is 0. The molecule has 0 radical (unpaired) electrons. The summed E-state index contributed by atoms with van der Waals surface area (Å²) in [5.41, 5.74) is 1.61. The summed E-state index contributed by atoms with van der Waals surface area (Å²) >= 11 is 0. The zero-order valence-electron chi connectivity index (χ0n) is 13.6. The smallest absolute Gasteiger partial charge is 0.126 e. The Bertz CT molecular complexity index is 702. The quantitative estimate of drug-likeness (QED) is 0.596. The summed E-state index contributed by atoms with van der Waals surface area (Å²) in [5, 5.41) is 0. The molecule has 0 unspecified atom stereocenters. The minimum atomic E-state index is -0.199. The van der Waals surface area contributed by atoms with Crippen LogP contribution in [0.4, 0.5) is 4.39 Å². The lowest BCUT2D eigenvalue weighted by molar-refractivity contribution is 0.317. The highest BCUT2D eigenvalue weighted by atomic mass is 19.1. The fourth-order valence-corrected chi connectivity index (χ4v) is 2.11. The Kier molecular flexibility index (Phi) is 6.84. The normalized spacial score (nSPS) is 11.0. The average molecular weight is 324 g/mol. The Hall–Kier alpha value is -2.81. The standard InChI is InChI=1S/C21H21FO2/c1-3-7-17(4-2)16-24-20-12-10-19(11-13-20)23-15-14-18-8-5-6-9-21(18)22/h3-13H,1-2,14-16H2/b17-7+. The van der Waals surface area contributed by atoms with Gasteiger partial charge in [-0.25, -0.2) is 4.39 Å². The molecular weight excluding hydrogens is 303 g/mol. The molecule has 2 aromatic rings. The van der Waals surface area contributed by atoms with Crippen molar-refractivity contribution >= 4 is 0 Å². The van der Waals surface area contributed by atoms with Gasteiger partial charge in [-0.15, -0.1) is 0 Å². The van der Waals surface area contributed by atoms with Crippen molar-refractivity contribution in [1.29, 1.82) is 0 Å². The molecule has 2 rings (SSSR count). The van der Waals surface area contributed by atoms with Crippen LogP contribution < -0.4 is 9.47 Å². The molecule has 3 heteroatoms. The highest BCUT2D eigenvalue weighted by molar-refractivity contribution is 5.32. The maximum Gasteiger partial charge on any atom is 0.126 e. The molecule has 124 valence electrons. The molecule has 2 nitrogen and oxygen atoms in total. The number of halogens is 1.